The van der Waals surface area contributed by atoms with Gasteiger partial charge in [0.25, 0.3) is 0 Å². The van der Waals surface area contributed by atoms with Gasteiger partial charge in [-0.2, -0.15) is 0 Å². The van der Waals surface area contributed by atoms with E-state index < -0.39 is 0 Å². The highest BCUT2D eigenvalue weighted by molar-refractivity contribution is 4.55. The van der Waals surface area contributed by atoms with Crippen molar-refractivity contribution < 1.29 is 4.48 Å². The fourth-order valence-electron chi connectivity index (χ4n) is 6.64. The smallest absolute Gasteiger partial charge is 0.0786 e. The summed E-state index contributed by atoms with van der Waals surface area (Å²) in [6.07, 6.45) is 43.8. The summed E-state index contributed by atoms with van der Waals surface area (Å²) in [5.41, 5.74) is 0. The van der Waals surface area contributed by atoms with Crippen molar-refractivity contribution in [2.75, 3.05) is 26.2 Å². The lowest BCUT2D eigenvalue weighted by molar-refractivity contribution is -0.929. The Labute approximate surface area is 250 Å². The Hall–Kier alpha value is -0.0400. The summed E-state index contributed by atoms with van der Waals surface area (Å²) in [4.78, 5) is 0. The molecule has 0 unspecified atom stereocenters. The molecule has 1 nitrogen and oxygen atoms in total. The quantitative estimate of drug-likeness (QED) is 0.0552. The van der Waals surface area contributed by atoms with Crippen molar-refractivity contribution in [3.63, 3.8) is 0 Å². The lowest BCUT2D eigenvalue weighted by Gasteiger charge is -2.39. The molecular formula is C38H80N+. The Morgan fingerprint density at radius 2 is 0.359 bits per heavy atom. The van der Waals surface area contributed by atoms with E-state index in [1.165, 1.54) is 223 Å². The number of unbranched alkanes of at least 4 members (excludes halogenated alkanes) is 26. The molecule has 0 N–H and O–H groups in total. The SMILES string of the molecule is CCCCCCCCCCCCCC[N+](CCCCC)(CCCCC)CCCCCCCCCCCCCC. The lowest BCUT2D eigenvalue weighted by Crippen LogP contribution is -2.50. The third kappa shape index (κ3) is 27.9. The standard InChI is InChI=1S/C38H80N/c1-5-9-13-15-17-19-21-23-25-27-29-33-37-39(35-31-11-7-3,36-32-12-8-4)38-34-30-28-26-24-22-20-18-16-14-10-6-2/h5-38H2,1-4H3/q+1. The van der Waals surface area contributed by atoms with Crippen molar-refractivity contribution in [1.29, 1.82) is 0 Å². The Balaban J connectivity index is 4.25. The normalized spacial score (nSPS) is 12.0. The van der Waals surface area contributed by atoms with Crippen LogP contribution in [0.3, 0.4) is 0 Å². The molecule has 0 aliphatic heterocycles. The van der Waals surface area contributed by atoms with Crippen LogP contribution in [0.15, 0.2) is 0 Å². The van der Waals surface area contributed by atoms with Gasteiger partial charge < -0.3 is 4.48 Å². The number of quaternary nitrogens is 1. The van der Waals surface area contributed by atoms with E-state index in [9.17, 15) is 0 Å². The third-order valence-electron chi connectivity index (χ3n) is 9.44. The van der Waals surface area contributed by atoms with Crippen LogP contribution in [0.5, 0.6) is 0 Å². The van der Waals surface area contributed by atoms with Gasteiger partial charge in [-0.05, 0) is 51.4 Å². The Morgan fingerprint density at radius 3 is 0.590 bits per heavy atom. The summed E-state index contributed by atoms with van der Waals surface area (Å²) < 4.78 is 1.47. The van der Waals surface area contributed by atoms with Crippen LogP contribution in [0.2, 0.25) is 0 Å². The van der Waals surface area contributed by atoms with Crippen LogP contribution in [-0.4, -0.2) is 30.7 Å². The van der Waals surface area contributed by atoms with Crippen molar-refractivity contribution in [3.05, 3.63) is 0 Å². The van der Waals surface area contributed by atoms with Crippen LogP contribution in [0, 0.1) is 0 Å². The fraction of sp³-hybridized carbons (Fsp3) is 1.00. The first-order valence-electron chi connectivity index (χ1n) is 19.1. The highest BCUT2D eigenvalue weighted by atomic mass is 15.3. The number of rotatable bonds is 34. The predicted octanol–water partition coefficient (Wildman–Crippen LogP) is 13.6. The van der Waals surface area contributed by atoms with Gasteiger partial charge in [-0.25, -0.2) is 0 Å². The summed E-state index contributed by atoms with van der Waals surface area (Å²) in [5, 5.41) is 0. The van der Waals surface area contributed by atoms with Crippen LogP contribution in [0.1, 0.15) is 220 Å². The molecule has 1 heteroatoms. The van der Waals surface area contributed by atoms with E-state index in [-0.39, 0.29) is 0 Å². The molecule has 0 atom stereocenters. The van der Waals surface area contributed by atoms with Crippen LogP contribution in [0.4, 0.5) is 0 Å². The molecule has 236 valence electrons. The van der Waals surface area contributed by atoms with Crippen LogP contribution in [-0.2, 0) is 0 Å². The van der Waals surface area contributed by atoms with Gasteiger partial charge in [0.15, 0.2) is 0 Å². The second-order valence-electron chi connectivity index (χ2n) is 13.4. The Kier molecular flexibility index (Phi) is 32.4. The van der Waals surface area contributed by atoms with Gasteiger partial charge in [0, 0.05) is 0 Å². The van der Waals surface area contributed by atoms with Crippen LogP contribution >= 0.6 is 0 Å². The highest BCUT2D eigenvalue weighted by Gasteiger charge is 2.25. The van der Waals surface area contributed by atoms with E-state index in [0.717, 1.165) is 0 Å². The average Bonchev–Trinajstić information content (AvgIpc) is 2.94. The number of nitrogens with zero attached hydrogens (tertiary/aromatic N) is 1. The van der Waals surface area contributed by atoms with Gasteiger partial charge in [-0.1, -0.05) is 169 Å². The predicted molar refractivity (Wildman–Crippen MR) is 181 cm³/mol. The second kappa shape index (κ2) is 32.5. The maximum Gasteiger partial charge on any atom is 0.0786 e. The van der Waals surface area contributed by atoms with Gasteiger partial charge in [0.2, 0.25) is 0 Å². The molecule has 0 aliphatic carbocycles. The first-order chi connectivity index (χ1) is 19.2. The second-order valence-corrected chi connectivity index (χ2v) is 13.4. The molecule has 0 amide bonds. The van der Waals surface area contributed by atoms with Gasteiger partial charge in [-0.3, -0.25) is 0 Å². The van der Waals surface area contributed by atoms with E-state index in [0.29, 0.717) is 0 Å². The molecule has 0 aromatic carbocycles. The number of hydrogen-bond acceptors (Lipinski definition) is 0. The molecule has 0 aliphatic rings. The van der Waals surface area contributed by atoms with Gasteiger partial charge in [-0.15, -0.1) is 0 Å². The average molecular weight is 551 g/mol. The zero-order valence-corrected chi connectivity index (χ0v) is 28.5. The van der Waals surface area contributed by atoms with Crippen molar-refractivity contribution in [3.8, 4) is 0 Å². The molecule has 0 rings (SSSR count). The van der Waals surface area contributed by atoms with Crippen molar-refractivity contribution in [1.82, 2.24) is 0 Å². The molecule has 0 bridgehead atoms. The highest BCUT2D eigenvalue weighted by Crippen LogP contribution is 2.20. The Morgan fingerprint density at radius 1 is 0.205 bits per heavy atom. The van der Waals surface area contributed by atoms with Gasteiger partial charge in [0.1, 0.15) is 0 Å². The van der Waals surface area contributed by atoms with E-state index >= 15 is 0 Å². The van der Waals surface area contributed by atoms with E-state index in [4.69, 9.17) is 0 Å². The van der Waals surface area contributed by atoms with Crippen LogP contribution < -0.4 is 0 Å². The molecule has 0 aromatic rings. The fourth-order valence-corrected chi connectivity index (χ4v) is 6.64. The van der Waals surface area contributed by atoms with Crippen molar-refractivity contribution >= 4 is 0 Å². The molecule has 0 heterocycles. The van der Waals surface area contributed by atoms with Crippen LogP contribution in [0.25, 0.3) is 0 Å². The molecule has 0 radical (unpaired) electrons. The topological polar surface area (TPSA) is 0 Å². The third-order valence-corrected chi connectivity index (χ3v) is 9.44. The summed E-state index contributed by atoms with van der Waals surface area (Å²) in [6, 6.07) is 0. The Bertz CT molecular complexity index is 390. The maximum absolute atomic E-state index is 2.38. The monoisotopic (exact) mass is 551 g/mol. The summed E-state index contributed by atoms with van der Waals surface area (Å²) in [5.74, 6) is 0. The first kappa shape index (κ1) is 39.0. The molecule has 0 saturated heterocycles. The lowest BCUT2D eigenvalue weighted by atomic mass is 10.0. The summed E-state index contributed by atoms with van der Waals surface area (Å²) in [6.45, 7) is 15.3. The minimum Gasteiger partial charge on any atom is -0.324 e. The van der Waals surface area contributed by atoms with Gasteiger partial charge >= 0.3 is 0 Å². The van der Waals surface area contributed by atoms with E-state index in [1.807, 2.05) is 0 Å². The minimum atomic E-state index is 1.37. The van der Waals surface area contributed by atoms with Crippen molar-refractivity contribution in [2.24, 2.45) is 0 Å². The minimum absolute atomic E-state index is 1.37. The first-order valence-corrected chi connectivity index (χ1v) is 19.1. The van der Waals surface area contributed by atoms with E-state index in [1.54, 1.807) is 0 Å². The van der Waals surface area contributed by atoms with Crippen molar-refractivity contribution in [2.45, 2.75) is 220 Å². The van der Waals surface area contributed by atoms with E-state index in [2.05, 4.69) is 27.7 Å². The molecule has 0 fully saturated rings. The summed E-state index contributed by atoms with van der Waals surface area (Å²) in [7, 11) is 0. The molecule has 0 saturated carbocycles. The molecule has 0 aromatic heterocycles. The molecule has 39 heavy (non-hydrogen) atoms. The molecule has 0 spiro atoms. The summed E-state index contributed by atoms with van der Waals surface area (Å²) >= 11 is 0. The zero-order valence-electron chi connectivity index (χ0n) is 28.5. The molecular weight excluding hydrogens is 470 g/mol. The largest absolute Gasteiger partial charge is 0.324 e. The maximum atomic E-state index is 2.38. The zero-order chi connectivity index (χ0) is 28.5. The number of hydrogen-bond donors (Lipinski definition) is 0. The van der Waals surface area contributed by atoms with Gasteiger partial charge in [0.05, 0.1) is 26.2 Å².